The van der Waals surface area contributed by atoms with Crippen molar-refractivity contribution in [2.24, 2.45) is 20.4 Å². The van der Waals surface area contributed by atoms with Crippen LogP contribution < -0.4 is 40.7 Å². The number of H-pyrrole nitrogens is 2. The number of aromatic hydroxyl groups is 4. The number of aromatic amines is 2. The molecule has 5 heterocycles. The van der Waals surface area contributed by atoms with Crippen molar-refractivity contribution in [3.63, 3.8) is 0 Å². The number of rotatable bonds is 20. The van der Waals surface area contributed by atoms with Gasteiger partial charge in [-0.05, 0) is 121 Å². The normalized spacial score (nSPS) is 11.6. The third-order valence-corrected chi connectivity index (χ3v) is 18.4. The predicted molar refractivity (Wildman–Crippen MR) is 435 cm³/mol. The zero-order valence-corrected chi connectivity index (χ0v) is 60.2. The molecule has 10 N–H and O–H groups in total. The van der Waals surface area contributed by atoms with Crippen LogP contribution in [0.2, 0.25) is 0 Å². The Morgan fingerprint density at radius 2 is 0.534 bits per heavy atom. The summed E-state index contributed by atoms with van der Waals surface area (Å²) in [6.45, 7) is 0. The summed E-state index contributed by atoms with van der Waals surface area (Å²) in [5.74, 6) is -0.692. The smallest absolute Gasteiger partial charge is 0.275 e. The number of carbonyl (C=O) groups excluding carboxylic acids is 4. The summed E-state index contributed by atoms with van der Waals surface area (Å²) in [5.41, 5.74) is 14.3. The van der Waals surface area contributed by atoms with Crippen molar-refractivity contribution in [3.05, 3.63) is 311 Å². The van der Waals surface area contributed by atoms with Gasteiger partial charge < -0.3 is 49.3 Å². The van der Waals surface area contributed by atoms with Crippen LogP contribution in [-0.4, -0.2) is 109 Å². The summed E-state index contributed by atoms with van der Waals surface area (Å²) in [6, 6.07) is 73.9. The quantitative estimate of drug-likeness (QED) is 0.0250. The fourth-order valence-electron chi connectivity index (χ4n) is 12.9. The number of aromatic nitrogens is 8. The summed E-state index contributed by atoms with van der Waals surface area (Å²) < 4.78 is 27.7. The minimum absolute atomic E-state index is 0.0164. The fraction of sp³-hybridized carbons (Fsp3) is 0. The second-order valence-corrected chi connectivity index (χ2v) is 25.7. The molecule has 116 heavy (non-hydrogen) atoms. The average Bonchev–Trinajstić information content (AvgIpc) is 1.58. The second-order valence-electron chi connectivity index (χ2n) is 25.7. The van der Waals surface area contributed by atoms with Crippen LogP contribution in [0, 0.1) is 0 Å². The van der Waals surface area contributed by atoms with Gasteiger partial charge in [0.2, 0.25) is 0 Å². The molecule has 8 bridgehead atoms. The Morgan fingerprint density at radius 1 is 0.276 bits per heavy atom. The summed E-state index contributed by atoms with van der Waals surface area (Å²) >= 11 is 0. The molecule has 562 valence electrons. The van der Waals surface area contributed by atoms with Gasteiger partial charge in [-0.25, -0.2) is 51.6 Å². The zero-order chi connectivity index (χ0) is 79.2. The molecule has 4 amide bonds. The summed E-state index contributed by atoms with van der Waals surface area (Å²) in [5, 5.41) is 60.6. The number of benzene rings is 12. The highest BCUT2D eigenvalue weighted by molar-refractivity contribution is 6.11. The monoisotopic (exact) mass is 1530 g/mol. The molecule has 0 saturated carbocycles. The molecule has 15 aromatic rings. The van der Waals surface area contributed by atoms with Gasteiger partial charge in [0.15, 0.2) is 23.3 Å². The number of hydrogen-bond donors (Lipinski definition) is 10. The van der Waals surface area contributed by atoms with Crippen LogP contribution >= 0.6 is 0 Å². The number of nitrogens with zero attached hydrogens (tertiary/aromatic N) is 10. The van der Waals surface area contributed by atoms with E-state index >= 15 is 0 Å². The van der Waals surface area contributed by atoms with Gasteiger partial charge in [-0.1, -0.05) is 146 Å². The zero-order valence-electron chi connectivity index (χ0n) is 60.2. The first-order chi connectivity index (χ1) is 56.8. The van der Waals surface area contributed by atoms with E-state index in [2.05, 4.69) is 52.1 Å². The van der Waals surface area contributed by atoms with Gasteiger partial charge in [0, 0.05) is 44.2 Å². The molecule has 0 spiro atoms. The van der Waals surface area contributed by atoms with E-state index in [-0.39, 0.29) is 114 Å². The van der Waals surface area contributed by atoms with Crippen molar-refractivity contribution in [2.75, 3.05) is 0 Å². The van der Waals surface area contributed by atoms with Gasteiger partial charge in [0.25, 0.3) is 23.6 Å². The van der Waals surface area contributed by atoms with Gasteiger partial charge in [-0.15, -0.1) is 0 Å². The van der Waals surface area contributed by atoms with E-state index in [0.29, 0.717) is 89.1 Å². The third kappa shape index (κ3) is 14.6. The highest BCUT2D eigenvalue weighted by atomic mass is 16.5. The van der Waals surface area contributed by atoms with Crippen LogP contribution in [0.4, 0.5) is 0 Å². The van der Waals surface area contributed by atoms with Crippen LogP contribution in [0.5, 0.6) is 69.0 Å². The number of nitrogens with one attached hydrogen (secondary N) is 6. The first kappa shape index (κ1) is 71.9. The molecular formula is C88H58N16O12. The maximum Gasteiger partial charge on any atom is 0.275 e. The van der Waals surface area contributed by atoms with Crippen molar-refractivity contribution in [2.45, 2.75) is 0 Å². The Labute approximate surface area is 655 Å². The largest absolute Gasteiger partial charge is 0.507 e. The molecule has 0 fully saturated rings. The van der Waals surface area contributed by atoms with Gasteiger partial charge in [0.1, 0.15) is 91.6 Å². The van der Waals surface area contributed by atoms with Gasteiger partial charge in [0.05, 0.1) is 69.0 Å². The van der Waals surface area contributed by atoms with E-state index < -0.39 is 23.6 Å². The number of hydrazone groups is 4. The molecule has 0 saturated heterocycles. The lowest BCUT2D eigenvalue weighted by Gasteiger charge is -2.12. The van der Waals surface area contributed by atoms with E-state index in [4.69, 9.17) is 48.9 Å². The molecule has 12 aromatic carbocycles. The van der Waals surface area contributed by atoms with Gasteiger partial charge in [-0.3, -0.25) is 19.2 Å². The Morgan fingerprint density at radius 3 is 0.871 bits per heavy atom. The Kier molecular flexibility index (Phi) is 19.5. The summed E-state index contributed by atoms with van der Waals surface area (Å²) in [7, 11) is 0. The molecule has 28 heteroatoms. The van der Waals surface area contributed by atoms with Gasteiger partial charge in [-0.2, -0.15) is 20.4 Å². The van der Waals surface area contributed by atoms with E-state index in [1.165, 1.54) is 73.4 Å². The van der Waals surface area contributed by atoms with Crippen LogP contribution in [0.1, 0.15) is 63.7 Å². The molecule has 2 aliphatic rings. The van der Waals surface area contributed by atoms with Gasteiger partial charge >= 0.3 is 0 Å². The lowest BCUT2D eigenvalue weighted by molar-refractivity contribution is 0.0944. The number of ether oxygens (including phenoxy) is 4. The molecule has 0 unspecified atom stereocenters. The number of amides is 4. The predicted octanol–water partition coefficient (Wildman–Crippen LogP) is 15.9. The van der Waals surface area contributed by atoms with E-state index in [1.54, 1.807) is 194 Å². The third-order valence-electron chi connectivity index (χ3n) is 18.4. The van der Waals surface area contributed by atoms with Crippen molar-refractivity contribution in [3.8, 4) is 115 Å². The molecular weight excluding hydrogens is 1470 g/mol. The Bertz CT molecular complexity index is 6820. The summed E-state index contributed by atoms with van der Waals surface area (Å²) in [4.78, 5) is 92.2. The maximum absolute atomic E-state index is 13.2. The Balaban J connectivity index is 0.862. The van der Waals surface area contributed by atoms with Crippen LogP contribution in [-0.2, 0) is 0 Å². The number of carbonyl (C=O) groups is 4. The highest BCUT2D eigenvalue weighted by Crippen LogP contribution is 2.47. The molecule has 2 aliphatic heterocycles. The first-order valence-electron chi connectivity index (χ1n) is 35.7. The minimum Gasteiger partial charge on any atom is -0.507 e. The van der Waals surface area contributed by atoms with Crippen molar-refractivity contribution < 1.29 is 58.6 Å². The number of phenolic OH excluding ortho intramolecular Hbond substituents is 4. The first-order valence-corrected chi connectivity index (χ1v) is 35.7. The van der Waals surface area contributed by atoms with Crippen LogP contribution in [0.3, 0.4) is 0 Å². The van der Waals surface area contributed by atoms with Crippen molar-refractivity contribution in [1.82, 2.24) is 61.6 Å². The Hall–Kier alpha value is -17.0. The van der Waals surface area contributed by atoms with E-state index in [0.717, 1.165) is 0 Å². The molecule has 0 atom stereocenters. The minimum atomic E-state index is -0.651. The molecule has 17 rings (SSSR count). The topological polar surface area (TPSA) is 393 Å². The number of phenols is 4. The van der Waals surface area contributed by atoms with Crippen LogP contribution in [0.15, 0.2) is 287 Å². The SMILES string of the molecule is O=C(N/N=C\c1ccccc1Oc1cccc2c1-c1nc-2nc2[nH]c(nc3nc(nc4[nH]c(n1)c1c(Oc5ccccc5/C=N/NC(=O)c5ccccc5O)cccc41)-c1c(Oc4ccccc4/C=N/NC(=O)c4ccccc4O)cccc1-3)c1c(Oc3ccccc3/C=N/NC(=O)c3ccccc3O)cccc21)c1ccccc1O. The van der Waals surface area contributed by atoms with Crippen molar-refractivity contribution >= 4 is 92.6 Å². The number of hydrogen-bond acceptors (Lipinski definition) is 22. The maximum atomic E-state index is 13.2. The fourth-order valence-corrected chi connectivity index (χ4v) is 12.9. The number of fused-ring (bicyclic) bond motifs is 20. The lowest BCUT2D eigenvalue weighted by Crippen LogP contribution is -2.17. The van der Waals surface area contributed by atoms with E-state index in [1.807, 2.05) is 24.3 Å². The molecule has 3 aromatic heterocycles. The summed E-state index contributed by atoms with van der Waals surface area (Å²) in [6.07, 6.45) is 5.65. The average molecular weight is 1530 g/mol. The molecule has 0 aliphatic carbocycles. The number of para-hydroxylation sites is 8. The second kappa shape index (κ2) is 31.5. The van der Waals surface area contributed by atoms with Crippen molar-refractivity contribution in [1.29, 1.82) is 0 Å². The van der Waals surface area contributed by atoms with Crippen LogP contribution in [0.25, 0.3) is 89.7 Å². The molecule has 0 radical (unpaired) electrons. The van der Waals surface area contributed by atoms with E-state index in [9.17, 15) is 39.6 Å². The molecule has 28 nitrogen and oxygen atoms in total. The highest BCUT2D eigenvalue weighted by Gasteiger charge is 2.30. The standard InChI is InChI=1S/C88H58N16O12/c105-61-33-9-5-25-53(61)85(109)101-89-45-49-21-1-13-37-65(49)113-69-41-17-29-57-73(69)81-94-77(57)93-78-58-30-18-43-71(115-67-39-15-3-23-51(67)47-91-103-87(111)55-27-7-11-35-63(55)107)75(58)83(95-78)100-84-76-60(32-20-44-72(76)116-68-40-16-4-24-52(68)48-92-104-88(112)56-28-8-12-36-64(56)108)80(99-84)98-82-74-59(79(96-81)97-82)31-19-42-70(74)114-66-38-14-2-22-50(66)46-90-102-86(110)54-26-6-10-34-62(54)106/h1-48,105-108H,(H,101,109)(H,102,110)(H,103,111)(H,104,112)(H2,93,94,95,96,97,98,99,100)/b89-45+,90-46+,91-47-,92-48+. The lowest BCUT2D eigenvalue weighted by atomic mass is 10.1.